The van der Waals surface area contributed by atoms with Crippen molar-refractivity contribution >= 4 is 22.7 Å². The Morgan fingerprint density at radius 1 is 0.941 bits per heavy atom. The van der Waals surface area contributed by atoms with Crippen molar-refractivity contribution in [3.05, 3.63) is 48.5 Å². The van der Waals surface area contributed by atoms with E-state index in [9.17, 15) is 0 Å². The SMILES string of the molecule is CN(C)c1ccc(Nc2ccccc2N)cc1. The van der Waals surface area contributed by atoms with Crippen LogP contribution in [-0.2, 0) is 0 Å². The molecule has 0 radical (unpaired) electrons. The number of nitrogens with zero attached hydrogens (tertiary/aromatic N) is 1. The molecule has 0 bridgehead atoms. The predicted octanol–water partition coefficient (Wildman–Crippen LogP) is 3.08. The van der Waals surface area contributed by atoms with Crippen LogP contribution in [0.1, 0.15) is 0 Å². The van der Waals surface area contributed by atoms with Crippen molar-refractivity contribution in [3.8, 4) is 0 Å². The highest BCUT2D eigenvalue weighted by molar-refractivity contribution is 5.72. The van der Waals surface area contributed by atoms with Crippen LogP contribution in [0.25, 0.3) is 0 Å². The average Bonchev–Trinajstić information content (AvgIpc) is 2.33. The number of anilines is 4. The van der Waals surface area contributed by atoms with Crippen LogP contribution in [0.15, 0.2) is 48.5 Å². The fourth-order valence-corrected chi connectivity index (χ4v) is 1.61. The van der Waals surface area contributed by atoms with Crippen molar-refractivity contribution in [3.63, 3.8) is 0 Å². The summed E-state index contributed by atoms with van der Waals surface area (Å²) in [5.41, 5.74) is 9.78. The maximum atomic E-state index is 5.88. The summed E-state index contributed by atoms with van der Waals surface area (Å²) in [7, 11) is 4.05. The minimum absolute atomic E-state index is 0.754. The number of hydrogen-bond acceptors (Lipinski definition) is 3. The molecule has 0 saturated carbocycles. The fourth-order valence-electron chi connectivity index (χ4n) is 1.61. The van der Waals surface area contributed by atoms with Crippen molar-refractivity contribution in [2.24, 2.45) is 0 Å². The molecule has 0 aromatic heterocycles. The van der Waals surface area contributed by atoms with E-state index in [2.05, 4.69) is 22.3 Å². The minimum Gasteiger partial charge on any atom is -0.397 e. The third-order valence-corrected chi connectivity index (χ3v) is 2.62. The predicted molar refractivity (Wildman–Crippen MR) is 74.9 cm³/mol. The Hall–Kier alpha value is -2.16. The third-order valence-electron chi connectivity index (χ3n) is 2.62. The largest absolute Gasteiger partial charge is 0.397 e. The molecule has 2 aromatic rings. The second-order valence-electron chi connectivity index (χ2n) is 4.15. The number of nitrogen functional groups attached to an aromatic ring is 1. The lowest BCUT2D eigenvalue weighted by Gasteiger charge is -2.14. The van der Waals surface area contributed by atoms with Gasteiger partial charge in [-0.2, -0.15) is 0 Å². The quantitative estimate of drug-likeness (QED) is 0.792. The van der Waals surface area contributed by atoms with Gasteiger partial charge in [0.05, 0.1) is 11.4 Å². The fraction of sp³-hybridized carbons (Fsp3) is 0.143. The lowest BCUT2D eigenvalue weighted by Crippen LogP contribution is -2.08. The molecule has 0 heterocycles. The standard InChI is InChI=1S/C14H17N3/c1-17(2)12-9-7-11(8-10-12)16-14-6-4-3-5-13(14)15/h3-10,16H,15H2,1-2H3. The first-order valence-corrected chi connectivity index (χ1v) is 5.56. The topological polar surface area (TPSA) is 41.3 Å². The summed E-state index contributed by atoms with van der Waals surface area (Å²) in [6.45, 7) is 0. The zero-order chi connectivity index (χ0) is 12.3. The van der Waals surface area contributed by atoms with Gasteiger partial charge in [0.2, 0.25) is 0 Å². The van der Waals surface area contributed by atoms with E-state index < -0.39 is 0 Å². The van der Waals surface area contributed by atoms with Gasteiger partial charge in [-0.3, -0.25) is 0 Å². The van der Waals surface area contributed by atoms with Gasteiger partial charge in [-0.25, -0.2) is 0 Å². The second kappa shape index (κ2) is 4.78. The van der Waals surface area contributed by atoms with Gasteiger partial charge in [0.15, 0.2) is 0 Å². The Kier molecular flexibility index (Phi) is 3.19. The van der Waals surface area contributed by atoms with E-state index in [-0.39, 0.29) is 0 Å². The number of nitrogens with one attached hydrogen (secondary N) is 1. The molecule has 3 N–H and O–H groups in total. The molecule has 2 aromatic carbocycles. The second-order valence-corrected chi connectivity index (χ2v) is 4.15. The number of rotatable bonds is 3. The molecule has 0 aliphatic heterocycles. The summed E-state index contributed by atoms with van der Waals surface area (Å²) in [6.07, 6.45) is 0. The van der Waals surface area contributed by atoms with Crippen LogP contribution < -0.4 is 16.0 Å². The van der Waals surface area contributed by atoms with Gasteiger partial charge in [-0.15, -0.1) is 0 Å². The van der Waals surface area contributed by atoms with Gasteiger partial charge < -0.3 is 16.0 Å². The molecule has 88 valence electrons. The summed E-state index contributed by atoms with van der Waals surface area (Å²) in [5, 5.41) is 3.29. The molecule has 0 atom stereocenters. The van der Waals surface area contributed by atoms with Gasteiger partial charge in [0.1, 0.15) is 0 Å². The highest BCUT2D eigenvalue weighted by atomic mass is 15.1. The molecule has 3 nitrogen and oxygen atoms in total. The van der Waals surface area contributed by atoms with Crippen molar-refractivity contribution in [1.29, 1.82) is 0 Å². The molecular formula is C14H17N3. The van der Waals surface area contributed by atoms with Gasteiger partial charge >= 0.3 is 0 Å². The maximum Gasteiger partial charge on any atom is 0.0617 e. The molecule has 0 fully saturated rings. The summed E-state index contributed by atoms with van der Waals surface area (Å²) >= 11 is 0. The van der Waals surface area contributed by atoms with Crippen molar-refractivity contribution in [2.75, 3.05) is 30.0 Å². The summed E-state index contributed by atoms with van der Waals surface area (Å²) in [5.74, 6) is 0. The first-order valence-electron chi connectivity index (χ1n) is 5.56. The first-order chi connectivity index (χ1) is 8.16. The van der Waals surface area contributed by atoms with Crippen molar-refractivity contribution < 1.29 is 0 Å². The molecule has 0 aliphatic carbocycles. The number of para-hydroxylation sites is 2. The lowest BCUT2D eigenvalue weighted by molar-refractivity contribution is 1.13. The highest BCUT2D eigenvalue weighted by Crippen LogP contribution is 2.23. The molecule has 0 amide bonds. The van der Waals surface area contributed by atoms with E-state index in [0.29, 0.717) is 0 Å². The van der Waals surface area contributed by atoms with E-state index in [0.717, 1.165) is 17.1 Å². The maximum absolute atomic E-state index is 5.88. The lowest BCUT2D eigenvalue weighted by atomic mass is 10.2. The van der Waals surface area contributed by atoms with Crippen LogP contribution in [0.3, 0.4) is 0 Å². The number of hydrogen-bond donors (Lipinski definition) is 2. The van der Waals surface area contributed by atoms with Gasteiger partial charge in [-0.05, 0) is 36.4 Å². The summed E-state index contributed by atoms with van der Waals surface area (Å²) < 4.78 is 0. The van der Waals surface area contributed by atoms with E-state index in [1.54, 1.807) is 0 Å². The number of benzene rings is 2. The monoisotopic (exact) mass is 227 g/mol. The van der Waals surface area contributed by atoms with Crippen LogP contribution in [0.4, 0.5) is 22.7 Å². The molecule has 17 heavy (non-hydrogen) atoms. The minimum atomic E-state index is 0.754. The Labute approximate surface area is 102 Å². The van der Waals surface area contributed by atoms with E-state index in [1.165, 1.54) is 5.69 Å². The van der Waals surface area contributed by atoms with Crippen LogP contribution in [0.5, 0.6) is 0 Å². The van der Waals surface area contributed by atoms with Crippen LogP contribution in [-0.4, -0.2) is 14.1 Å². The zero-order valence-corrected chi connectivity index (χ0v) is 10.1. The molecule has 0 aliphatic rings. The Bertz CT molecular complexity index is 489. The smallest absolute Gasteiger partial charge is 0.0617 e. The first kappa shape index (κ1) is 11.3. The van der Waals surface area contributed by atoms with E-state index in [4.69, 9.17) is 5.73 Å². The molecular weight excluding hydrogens is 210 g/mol. The van der Waals surface area contributed by atoms with Gasteiger partial charge in [-0.1, -0.05) is 12.1 Å². The van der Waals surface area contributed by atoms with E-state index in [1.807, 2.05) is 50.5 Å². The van der Waals surface area contributed by atoms with Crippen LogP contribution >= 0.6 is 0 Å². The molecule has 0 saturated heterocycles. The van der Waals surface area contributed by atoms with Gasteiger partial charge in [0.25, 0.3) is 0 Å². The van der Waals surface area contributed by atoms with Crippen LogP contribution in [0.2, 0.25) is 0 Å². The Morgan fingerprint density at radius 2 is 1.59 bits per heavy atom. The summed E-state index contributed by atoms with van der Waals surface area (Å²) in [6, 6.07) is 16.0. The van der Waals surface area contributed by atoms with Crippen molar-refractivity contribution in [1.82, 2.24) is 0 Å². The van der Waals surface area contributed by atoms with Gasteiger partial charge in [0, 0.05) is 25.5 Å². The Balaban J connectivity index is 2.17. The number of nitrogens with two attached hydrogens (primary N) is 1. The molecule has 2 rings (SSSR count). The van der Waals surface area contributed by atoms with E-state index >= 15 is 0 Å². The normalized spacial score (nSPS) is 10.0. The summed E-state index contributed by atoms with van der Waals surface area (Å²) in [4.78, 5) is 2.07. The van der Waals surface area contributed by atoms with Crippen molar-refractivity contribution in [2.45, 2.75) is 0 Å². The Morgan fingerprint density at radius 3 is 2.18 bits per heavy atom. The zero-order valence-electron chi connectivity index (χ0n) is 10.1. The molecule has 0 unspecified atom stereocenters. The molecule has 0 spiro atoms. The molecule has 3 heteroatoms. The highest BCUT2D eigenvalue weighted by Gasteiger charge is 1.99. The average molecular weight is 227 g/mol. The van der Waals surface area contributed by atoms with Crippen LogP contribution in [0, 0.1) is 0 Å². The third kappa shape index (κ3) is 2.69.